The highest BCUT2D eigenvalue weighted by Gasteiger charge is 2.27. The Labute approximate surface area is 158 Å². The number of rotatable bonds is 6. The van der Waals surface area contributed by atoms with Gasteiger partial charge in [0.15, 0.2) is 0 Å². The van der Waals surface area contributed by atoms with Gasteiger partial charge in [0.05, 0.1) is 21.6 Å². The van der Waals surface area contributed by atoms with Crippen LogP contribution in [0.4, 0.5) is 17.1 Å². The number of allylic oxidation sites excluding steroid dienone is 4. The fraction of sp³-hybridized carbons (Fsp3) is 0.421. The molecule has 0 saturated carbocycles. The van der Waals surface area contributed by atoms with Crippen LogP contribution in [0.3, 0.4) is 0 Å². The Morgan fingerprint density at radius 3 is 2.56 bits per heavy atom. The number of hydrogen-bond donors (Lipinski definition) is 1. The first-order valence-electron chi connectivity index (χ1n) is 8.70. The summed E-state index contributed by atoms with van der Waals surface area (Å²) in [5, 5.41) is 26.2. The molecule has 1 aliphatic carbocycles. The lowest BCUT2D eigenvalue weighted by molar-refractivity contribution is -0.393. The maximum atomic E-state index is 11.2. The van der Waals surface area contributed by atoms with Gasteiger partial charge in [0.2, 0.25) is 0 Å². The third-order valence-corrected chi connectivity index (χ3v) is 4.93. The number of benzene rings is 1. The highest BCUT2D eigenvalue weighted by atomic mass is 16.6. The van der Waals surface area contributed by atoms with Crippen molar-refractivity contribution in [2.45, 2.75) is 40.5 Å². The Bertz CT molecular complexity index is 840. The fourth-order valence-electron chi connectivity index (χ4n) is 2.91. The molecule has 1 aromatic carbocycles. The molecule has 0 amide bonds. The van der Waals surface area contributed by atoms with E-state index < -0.39 is 15.5 Å². The number of nitro groups is 2. The molecule has 0 aliphatic heterocycles. The van der Waals surface area contributed by atoms with Crippen molar-refractivity contribution in [2.75, 3.05) is 5.43 Å². The molecule has 1 aromatic rings. The number of hydrazone groups is 1. The van der Waals surface area contributed by atoms with Gasteiger partial charge < -0.3 is 0 Å². The van der Waals surface area contributed by atoms with Gasteiger partial charge in [-0.25, -0.2) is 0 Å². The zero-order chi connectivity index (χ0) is 20.2. The standard InChI is InChI=1S/C19H24N4O4/c1-13(11-15-7-5-6-10-19(15,3)4)14(2)20-21-17-9-8-16(22(24)25)12-18(17)23(26)27/h5,7-9,11-12,15,21H,6,10H2,1-4H3/b13-11+,20-14+/t15-/m0/s1. The van der Waals surface area contributed by atoms with E-state index in [1.807, 2.05) is 13.8 Å². The Balaban J connectivity index is 2.23. The molecule has 1 aliphatic rings. The van der Waals surface area contributed by atoms with Gasteiger partial charge in [-0.1, -0.05) is 32.1 Å². The minimum atomic E-state index is -0.669. The maximum absolute atomic E-state index is 11.2. The van der Waals surface area contributed by atoms with Crippen LogP contribution in [0.5, 0.6) is 0 Å². The smallest absolute Gasteiger partial charge is 0.271 e. The molecule has 8 heteroatoms. The van der Waals surface area contributed by atoms with Crippen LogP contribution in [0, 0.1) is 31.6 Å². The molecular weight excluding hydrogens is 348 g/mol. The van der Waals surface area contributed by atoms with Crippen molar-refractivity contribution in [1.29, 1.82) is 0 Å². The fourth-order valence-corrected chi connectivity index (χ4v) is 2.91. The SMILES string of the molecule is CC(=C\[C@@H]1C=CCCC1(C)C)/C(C)=N/Nc1ccc([N+](=O)[O-])cc1[N+](=O)[O-]. The quantitative estimate of drug-likeness (QED) is 0.318. The van der Waals surface area contributed by atoms with Crippen LogP contribution < -0.4 is 5.43 Å². The number of anilines is 1. The normalized spacial score (nSPS) is 19.6. The summed E-state index contributed by atoms with van der Waals surface area (Å²) >= 11 is 0. The molecule has 8 nitrogen and oxygen atoms in total. The third kappa shape index (κ3) is 4.99. The minimum absolute atomic E-state index is 0.107. The molecule has 0 heterocycles. The summed E-state index contributed by atoms with van der Waals surface area (Å²) < 4.78 is 0. The van der Waals surface area contributed by atoms with Crippen molar-refractivity contribution >= 4 is 22.8 Å². The second-order valence-corrected chi connectivity index (χ2v) is 7.36. The summed E-state index contributed by atoms with van der Waals surface area (Å²) in [6.07, 6.45) is 8.73. The van der Waals surface area contributed by atoms with Crippen molar-refractivity contribution in [3.8, 4) is 0 Å². The zero-order valence-electron chi connectivity index (χ0n) is 15.9. The number of nitro benzene ring substituents is 2. The van der Waals surface area contributed by atoms with Crippen LogP contribution in [0.1, 0.15) is 40.5 Å². The van der Waals surface area contributed by atoms with Gasteiger partial charge in [-0.2, -0.15) is 5.10 Å². The molecule has 0 bridgehead atoms. The topological polar surface area (TPSA) is 111 Å². The minimum Gasteiger partial charge on any atom is -0.271 e. The molecule has 0 fully saturated rings. The average Bonchev–Trinajstić information content (AvgIpc) is 2.60. The third-order valence-electron chi connectivity index (χ3n) is 4.93. The van der Waals surface area contributed by atoms with Crippen LogP contribution in [0.25, 0.3) is 0 Å². The predicted molar refractivity (Wildman–Crippen MR) is 106 cm³/mol. The van der Waals surface area contributed by atoms with Gasteiger partial charge in [-0.15, -0.1) is 0 Å². The molecule has 144 valence electrons. The van der Waals surface area contributed by atoms with Gasteiger partial charge in [0.1, 0.15) is 5.69 Å². The van der Waals surface area contributed by atoms with Crippen molar-refractivity contribution in [2.24, 2.45) is 16.4 Å². The molecule has 0 aromatic heterocycles. The van der Waals surface area contributed by atoms with E-state index in [-0.39, 0.29) is 16.8 Å². The first kappa shape index (κ1) is 20.3. The van der Waals surface area contributed by atoms with Crippen molar-refractivity contribution < 1.29 is 9.85 Å². The van der Waals surface area contributed by atoms with Crippen molar-refractivity contribution in [1.82, 2.24) is 0 Å². The highest BCUT2D eigenvalue weighted by Crippen LogP contribution is 2.38. The second kappa shape index (κ2) is 8.11. The molecule has 0 spiro atoms. The first-order valence-corrected chi connectivity index (χ1v) is 8.70. The van der Waals surface area contributed by atoms with Crippen LogP contribution in [-0.2, 0) is 0 Å². The van der Waals surface area contributed by atoms with Crippen LogP contribution in [0.2, 0.25) is 0 Å². The molecule has 1 atom stereocenters. The summed E-state index contributed by atoms with van der Waals surface area (Å²) in [6, 6.07) is 3.42. The molecule has 0 saturated heterocycles. The predicted octanol–water partition coefficient (Wildman–Crippen LogP) is 5.23. The Kier molecular flexibility index (Phi) is 6.09. The van der Waals surface area contributed by atoms with Crippen LogP contribution in [-0.4, -0.2) is 15.6 Å². The van der Waals surface area contributed by atoms with E-state index in [2.05, 4.69) is 42.6 Å². The van der Waals surface area contributed by atoms with Crippen molar-refractivity contribution in [3.05, 3.63) is 62.2 Å². The summed E-state index contributed by atoms with van der Waals surface area (Å²) in [5.74, 6) is 0.296. The van der Waals surface area contributed by atoms with E-state index in [1.54, 1.807) is 0 Å². The van der Waals surface area contributed by atoms with Gasteiger partial charge in [-0.05, 0) is 43.7 Å². The van der Waals surface area contributed by atoms with E-state index in [0.29, 0.717) is 11.6 Å². The van der Waals surface area contributed by atoms with Crippen LogP contribution in [0.15, 0.2) is 47.1 Å². The van der Waals surface area contributed by atoms with E-state index in [0.717, 1.165) is 24.5 Å². The largest absolute Gasteiger partial charge is 0.301 e. The van der Waals surface area contributed by atoms with E-state index in [9.17, 15) is 20.2 Å². The molecule has 0 radical (unpaired) electrons. The Hall–Kier alpha value is -3.03. The Morgan fingerprint density at radius 1 is 1.26 bits per heavy atom. The van der Waals surface area contributed by atoms with Crippen LogP contribution >= 0.6 is 0 Å². The monoisotopic (exact) mass is 372 g/mol. The van der Waals surface area contributed by atoms with Crippen molar-refractivity contribution in [3.63, 3.8) is 0 Å². The number of nitrogens with zero attached hydrogens (tertiary/aromatic N) is 3. The highest BCUT2D eigenvalue weighted by molar-refractivity contribution is 5.98. The van der Waals surface area contributed by atoms with Gasteiger partial charge >= 0.3 is 5.69 Å². The molecule has 1 N–H and O–H groups in total. The lowest BCUT2D eigenvalue weighted by Gasteiger charge is -2.33. The summed E-state index contributed by atoms with van der Waals surface area (Å²) in [7, 11) is 0. The molecule has 0 unspecified atom stereocenters. The second-order valence-electron chi connectivity index (χ2n) is 7.36. The average molecular weight is 372 g/mol. The van der Waals surface area contributed by atoms with E-state index in [1.165, 1.54) is 12.1 Å². The number of non-ortho nitro benzene ring substituents is 1. The number of nitrogens with one attached hydrogen (secondary N) is 1. The maximum Gasteiger partial charge on any atom is 0.301 e. The lowest BCUT2D eigenvalue weighted by Crippen LogP contribution is -2.23. The first-order chi connectivity index (χ1) is 12.6. The molecule has 27 heavy (non-hydrogen) atoms. The summed E-state index contributed by atoms with van der Waals surface area (Å²) in [4.78, 5) is 20.7. The molecular formula is C19H24N4O4. The molecule has 2 rings (SSSR count). The summed E-state index contributed by atoms with van der Waals surface area (Å²) in [5.41, 5.74) is 3.87. The van der Waals surface area contributed by atoms with E-state index >= 15 is 0 Å². The van der Waals surface area contributed by atoms with Gasteiger partial charge in [0, 0.05) is 12.0 Å². The summed E-state index contributed by atoms with van der Waals surface area (Å²) in [6.45, 7) is 8.23. The number of hydrogen-bond acceptors (Lipinski definition) is 6. The zero-order valence-corrected chi connectivity index (χ0v) is 15.9. The van der Waals surface area contributed by atoms with Gasteiger partial charge in [0.25, 0.3) is 5.69 Å². The van der Waals surface area contributed by atoms with E-state index in [4.69, 9.17) is 0 Å². The van der Waals surface area contributed by atoms with Gasteiger partial charge in [-0.3, -0.25) is 25.7 Å². The lowest BCUT2D eigenvalue weighted by atomic mass is 9.71. The Morgan fingerprint density at radius 2 is 1.96 bits per heavy atom.